The molecule has 1 fully saturated rings. The Balaban J connectivity index is 2.00. The maximum atomic E-state index is 12.9. The summed E-state index contributed by atoms with van der Waals surface area (Å²) < 4.78 is 12.9. The molecule has 1 unspecified atom stereocenters. The van der Waals surface area contributed by atoms with E-state index in [2.05, 4.69) is 4.90 Å². The van der Waals surface area contributed by atoms with Gasteiger partial charge in [0.2, 0.25) is 0 Å². The van der Waals surface area contributed by atoms with Crippen LogP contribution in [0.2, 0.25) is 0 Å². The topological polar surface area (TPSA) is 49.5 Å². The van der Waals surface area contributed by atoms with Gasteiger partial charge in [0.15, 0.2) is 0 Å². The molecule has 0 bridgehead atoms. The molecule has 17 heavy (non-hydrogen) atoms. The van der Waals surface area contributed by atoms with Crippen LogP contribution in [0.1, 0.15) is 18.4 Å². The van der Waals surface area contributed by atoms with Crippen LogP contribution in [0, 0.1) is 11.7 Å². The second kappa shape index (κ2) is 5.47. The summed E-state index contributed by atoms with van der Waals surface area (Å²) in [4.78, 5) is 2.27. The molecule has 94 valence electrons. The van der Waals surface area contributed by atoms with Crippen molar-refractivity contribution in [2.24, 2.45) is 5.92 Å². The van der Waals surface area contributed by atoms with Gasteiger partial charge in [-0.2, -0.15) is 0 Å². The van der Waals surface area contributed by atoms with Crippen LogP contribution in [0.15, 0.2) is 18.2 Å². The number of nitrogens with zero attached hydrogens (tertiary/aromatic N) is 1. The van der Waals surface area contributed by atoms with Crippen molar-refractivity contribution in [3.8, 4) is 0 Å². The minimum Gasteiger partial charge on any atom is -0.398 e. The van der Waals surface area contributed by atoms with Gasteiger partial charge in [0.05, 0.1) is 0 Å². The maximum absolute atomic E-state index is 12.9. The highest BCUT2D eigenvalue weighted by Crippen LogP contribution is 2.21. The summed E-state index contributed by atoms with van der Waals surface area (Å²) >= 11 is 0. The van der Waals surface area contributed by atoms with Crippen LogP contribution in [-0.4, -0.2) is 29.7 Å². The van der Waals surface area contributed by atoms with E-state index in [-0.39, 0.29) is 12.4 Å². The van der Waals surface area contributed by atoms with Crippen molar-refractivity contribution in [3.63, 3.8) is 0 Å². The molecule has 0 saturated carbocycles. The van der Waals surface area contributed by atoms with Gasteiger partial charge in [-0.1, -0.05) is 6.07 Å². The average Bonchev–Trinajstić information content (AvgIpc) is 2.33. The zero-order chi connectivity index (χ0) is 12.3. The molecule has 1 saturated heterocycles. The summed E-state index contributed by atoms with van der Waals surface area (Å²) in [7, 11) is 0. The third-order valence-electron chi connectivity index (χ3n) is 3.36. The summed E-state index contributed by atoms with van der Waals surface area (Å²) in [6, 6.07) is 4.55. The quantitative estimate of drug-likeness (QED) is 0.787. The molecule has 1 aliphatic heterocycles. The van der Waals surface area contributed by atoms with Crippen molar-refractivity contribution in [1.29, 1.82) is 0 Å². The molecule has 0 aliphatic carbocycles. The second-order valence-electron chi connectivity index (χ2n) is 4.77. The number of aliphatic hydroxyl groups is 1. The third-order valence-corrected chi connectivity index (χ3v) is 3.36. The minimum absolute atomic E-state index is 0.245. The van der Waals surface area contributed by atoms with Crippen LogP contribution >= 0.6 is 0 Å². The van der Waals surface area contributed by atoms with Crippen molar-refractivity contribution in [3.05, 3.63) is 29.6 Å². The molecular formula is C13H19FN2O. The number of nitrogen functional groups attached to an aromatic ring is 1. The predicted molar refractivity (Wildman–Crippen MR) is 65.9 cm³/mol. The van der Waals surface area contributed by atoms with Crippen LogP contribution < -0.4 is 5.73 Å². The lowest BCUT2D eigenvalue weighted by molar-refractivity contribution is 0.116. The van der Waals surface area contributed by atoms with Gasteiger partial charge in [0.25, 0.3) is 0 Å². The first-order valence-electron chi connectivity index (χ1n) is 6.06. The Bertz CT molecular complexity index is 384. The van der Waals surface area contributed by atoms with E-state index < -0.39 is 0 Å². The highest BCUT2D eigenvalue weighted by atomic mass is 19.1. The van der Waals surface area contributed by atoms with Crippen LogP contribution in [0.3, 0.4) is 0 Å². The van der Waals surface area contributed by atoms with Crippen molar-refractivity contribution in [1.82, 2.24) is 4.90 Å². The van der Waals surface area contributed by atoms with Gasteiger partial charge >= 0.3 is 0 Å². The second-order valence-corrected chi connectivity index (χ2v) is 4.77. The van der Waals surface area contributed by atoms with Gasteiger partial charge in [-0.15, -0.1) is 0 Å². The first-order chi connectivity index (χ1) is 8.19. The standard InChI is InChI=1S/C13H19FN2O/c14-12-4-3-11(13(15)6-12)8-16-5-1-2-10(7-16)9-17/h3-4,6,10,17H,1-2,5,7-9,15H2. The average molecular weight is 238 g/mol. The Morgan fingerprint density at radius 2 is 2.29 bits per heavy atom. The normalized spacial score (nSPS) is 21.6. The Morgan fingerprint density at radius 1 is 1.47 bits per heavy atom. The van der Waals surface area contributed by atoms with Crippen LogP contribution in [0.5, 0.6) is 0 Å². The minimum atomic E-state index is -0.293. The number of nitrogens with two attached hydrogens (primary N) is 1. The summed E-state index contributed by atoms with van der Waals surface area (Å²) in [6.45, 7) is 2.90. The Kier molecular flexibility index (Phi) is 3.97. The highest BCUT2D eigenvalue weighted by molar-refractivity contribution is 5.46. The summed E-state index contributed by atoms with van der Waals surface area (Å²) in [5.41, 5.74) is 7.26. The maximum Gasteiger partial charge on any atom is 0.125 e. The Morgan fingerprint density at radius 3 is 3.00 bits per heavy atom. The van der Waals surface area contributed by atoms with Gasteiger partial charge in [-0.05, 0) is 43.0 Å². The van der Waals surface area contributed by atoms with Crippen molar-refractivity contribution < 1.29 is 9.50 Å². The zero-order valence-electron chi connectivity index (χ0n) is 9.90. The highest BCUT2D eigenvalue weighted by Gasteiger charge is 2.19. The number of halogens is 1. The molecular weight excluding hydrogens is 219 g/mol. The molecule has 3 N–H and O–H groups in total. The van der Waals surface area contributed by atoms with Gasteiger partial charge in [-0.25, -0.2) is 4.39 Å². The van der Waals surface area contributed by atoms with Gasteiger partial charge in [0.1, 0.15) is 5.82 Å². The molecule has 2 rings (SSSR count). The van der Waals surface area contributed by atoms with E-state index in [1.54, 1.807) is 6.07 Å². The molecule has 1 atom stereocenters. The fraction of sp³-hybridized carbons (Fsp3) is 0.538. The lowest BCUT2D eigenvalue weighted by Gasteiger charge is -2.32. The number of hydrogen-bond donors (Lipinski definition) is 2. The number of benzene rings is 1. The van der Waals surface area contributed by atoms with E-state index in [0.717, 1.165) is 38.0 Å². The van der Waals surface area contributed by atoms with E-state index >= 15 is 0 Å². The number of anilines is 1. The monoisotopic (exact) mass is 238 g/mol. The number of aliphatic hydroxyl groups excluding tert-OH is 1. The van der Waals surface area contributed by atoms with E-state index in [9.17, 15) is 4.39 Å². The predicted octanol–water partition coefficient (Wildman–Crippen LogP) is 1.61. The van der Waals surface area contributed by atoms with Crippen LogP contribution in [0.4, 0.5) is 10.1 Å². The van der Waals surface area contributed by atoms with Gasteiger partial charge in [0, 0.05) is 25.4 Å². The van der Waals surface area contributed by atoms with Gasteiger partial charge < -0.3 is 10.8 Å². The first-order valence-corrected chi connectivity index (χ1v) is 6.06. The molecule has 1 aromatic carbocycles. The lowest BCUT2D eigenvalue weighted by atomic mass is 9.98. The number of rotatable bonds is 3. The molecule has 0 spiro atoms. The Hall–Kier alpha value is -1.13. The number of hydrogen-bond acceptors (Lipinski definition) is 3. The molecule has 0 radical (unpaired) electrons. The molecule has 0 aromatic heterocycles. The summed E-state index contributed by atoms with van der Waals surface area (Å²) in [6.07, 6.45) is 2.19. The van der Waals surface area contributed by atoms with E-state index in [4.69, 9.17) is 10.8 Å². The first kappa shape index (κ1) is 12.3. The fourth-order valence-electron chi connectivity index (χ4n) is 2.39. The van der Waals surface area contributed by atoms with E-state index in [1.807, 2.05) is 0 Å². The van der Waals surface area contributed by atoms with Crippen LogP contribution in [0.25, 0.3) is 0 Å². The molecule has 1 aromatic rings. The SMILES string of the molecule is Nc1cc(F)ccc1CN1CCCC(CO)C1. The molecule has 1 heterocycles. The van der Waals surface area contributed by atoms with Crippen molar-refractivity contribution in [2.75, 3.05) is 25.4 Å². The summed E-state index contributed by atoms with van der Waals surface area (Å²) in [5.74, 6) is 0.0727. The summed E-state index contributed by atoms with van der Waals surface area (Å²) in [5, 5.41) is 9.16. The number of likely N-dealkylation sites (tertiary alicyclic amines) is 1. The van der Waals surface area contributed by atoms with Gasteiger partial charge in [-0.3, -0.25) is 4.90 Å². The molecule has 1 aliphatic rings. The van der Waals surface area contributed by atoms with E-state index in [0.29, 0.717) is 11.6 Å². The van der Waals surface area contributed by atoms with Crippen molar-refractivity contribution in [2.45, 2.75) is 19.4 Å². The smallest absolute Gasteiger partial charge is 0.125 e. The fourth-order valence-corrected chi connectivity index (χ4v) is 2.39. The Labute approximate surface area is 101 Å². The zero-order valence-corrected chi connectivity index (χ0v) is 9.90. The molecule has 0 amide bonds. The van der Waals surface area contributed by atoms with Crippen LogP contribution in [-0.2, 0) is 6.54 Å². The van der Waals surface area contributed by atoms with Crippen molar-refractivity contribution >= 4 is 5.69 Å². The molecule has 4 heteroatoms. The van der Waals surface area contributed by atoms with E-state index in [1.165, 1.54) is 12.1 Å². The number of piperidine rings is 1. The largest absolute Gasteiger partial charge is 0.398 e. The lowest BCUT2D eigenvalue weighted by Crippen LogP contribution is -2.36. The third kappa shape index (κ3) is 3.17. The molecule has 3 nitrogen and oxygen atoms in total.